The van der Waals surface area contributed by atoms with Gasteiger partial charge in [-0.25, -0.2) is 0 Å². The van der Waals surface area contributed by atoms with Crippen LogP contribution in [0.25, 0.3) is 0 Å². The van der Waals surface area contributed by atoms with Gasteiger partial charge >= 0.3 is 0 Å². The second-order valence-electron chi connectivity index (χ2n) is 5.10. The lowest BCUT2D eigenvalue weighted by molar-refractivity contribution is 0.585. The van der Waals surface area contributed by atoms with E-state index in [-0.39, 0.29) is 0 Å². The van der Waals surface area contributed by atoms with Gasteiger partial charge in [0.05, 0.1) is 11.3 Å². The largest absolute Gasteiger partial charge is 0.374 e. The number of nitrogens with one attached hydrogen (secondary N) is 1. The minimum absolute atomic E-state index is 0.682. The highest BCUT2D eigenvalue weighted by Gasteiger charge is 2.08. The van der Waals surface area contributed by atoms with Crippen molar-refractivity contribution in [3.05, 3.63) is 29.3 Å². The maximum absolute atomic E-state index is 9.24. The van der Waals surface area contributed by atoms with E-state index < -0.39 is 0 Å². The van der Waals surface area contributed by atoms with Gasteiger partial charge in [-0.05, 0) is 37.1 Å². The summed E-state index contributed by atoms with van der Waals surface area (Å²) in [6.45, 7) is 6.21. The molecule has 0 fully saturated rings. The molecule has 1 N–H and O–H groups in total. The zero-order valence-corrected chi connectivity index (χ0v) is 11.8. The second-order valence-corrected chi connectivity index (χ2v) is 5.10. The molecule has 1 aromatic carbocycles. The van der Waals surface area contributed by atoms with E-state index in [4.69, 9.17) is 0 Å². The first kappa shape index (κ1) is 14.5. The predicted molar refractivity (Wildman–Crippen MR) is 76.6 cm³/mol. The summed E-state index contributed by atoms with van der Waals surface area (Å²) < 4.78 is 0. The Morgan fingerprint density at radius 3 is 2.67 bits per heavy atom. The van der Waals surface area contributed by atoms with E-state index in [0.717, 1.165) is 36.3 Å². The van der Waals surface area contributed by atoms with Crippen molar-refractivity contribution in [2.75, 3.05) is 25.5 Å². The van der Waals surface area contributed by atoms with Gasteiger partial charge in [0.15, 0.2) is 0 Å². The number of hydrogen-bond acceptors (Lipinski definition) is 3. The van der Waals surface area contributed by atoms with E-state index in [1.807, 2.05) is 19.2 Å². The van der Waals surface area contributed by atoms with Crippen molar-refractivity contribution in [3.63, 3.8) is 0 Å². The fraction of sp³-hybridized carbons (Fsp3) is 0.533. The van der Waals surface area contributed by atoms with Crippen LogP contribution < -0.4 is 10.2 Å². The molecule has 0 spiro atoms. The highest BCUT2D eigenvalue weighted by Crippen LogP contribution is 2.21. The summed E-state index contributed by atoms with van der Waals surface area (Å²) >= 11 is 0. The third-order valence-electron chi connectivity index (χ3n) is 3.02. The third-order valence-corrected chi connectivity index (χ3v) is 3.02. The van der Waals surface area contributed by atoms with Crippen molar-refractivity contribution in [1.29, 1.82) is 5.26 Å². The first-order chi connectivity index (χ1) is 8.58. The van der Waals surface area contributed by atoms with Crippen LogP contribution in [0.1, 0.15) is 31.4 Å². The van der Waals surface area contributed by atoms with Crippen LogP contribution in [-0.4, -0.2) is 20.6 Å². The average molecular weight is 245 g/mol. The van der Waals surface area contributed by atoms with Crippen molar-refractivity contribution in [2.45, 2.75) is 26.8 Å². The summed E-state index contributed by atoms with van der Waals surface area (Å²) in [4.78, 5) is 2.17. The van der Waals surface area contributed by atoms with Crippen LogP contribution >= 0.6 is 0 Å². The van der Waals surface area contributed by atoms with Crippen LogP contribution in [0.2, 0.25) is 0 Å². The Morgan fingerprint density at radius 2 is 2.11 bits per heavy atom. The van der Waals surface area contributed by atoms with Crippen molar-refractivity contribution >= 4 is 5.69 Å². The van der Waals surface area contributed by atoms with Gasteiger partial charge in [-0.1, -0.05) is 19.9 Å². The Bertz CT molecular complexity index is 418. The van der Waals surface area contributed by atoms with Crippen molar-refractivity contribution in [1.82, 2.24) is 5.32 Å². The molecule has 98 valence electrons. The standard InChI is InChI=1S/C15H23N3/c1-12(2)7-8-18(4)15-6-5-13(11-17-3)9-14(15)10-16/h5-6,9,12,17H,7-8,11H2,1-4H3. The second kappa shape index (κ2) is 7.03. The molecule has 0 aromatic heterocycles. The van der Waals surface area contributed by atoms with Gasteiger partial charge in [0.2, 0.25) is 0 Å². The molecule has 0 aliphatic heterocycles. The minimum atomic E-state index is 0.682. The zero-order valence-electron chi connectivity index (χ0n) is 11.8. The molecule has 3 heteroatoms. The molecular weight excluding hydrogens is 222 g/mol. The van der Waals surface area contributed by atoms with Crippen molar-refractivity contribution < 1.29 is 0 Å². The van der Waals surface area contributed by atoms with Gasteiger partial charge in [0.1, 0.15) is 6.07 Å². The summed E-state index contributed by atoms with van der Waals surface area (Å²) in [5, 5.41) is 12.3. The van der Waals surface area contributed by atoms with Gasteiger partial charge in [-0.3, -0.25) is 0 Å². The Balaban J connectivity index is 2.85. The lowest BCUT2D eigenvalue weighted by atomic mass is 10.1. The topological polar surface area (TPSA) is 39.1 Å². The smallest absolute Gasteiger partial charge is 0.101 e. The van der Waals surface area contributed by atoms with Gasteiger partial charge in [-0.2, -0.15) is 5.26 Å². The quantitative estimate of drug-likeness (QED) is 0.837. The Labute approximate surface area is 110 Å². The molecule has 0 saturated carbocycles. The Morgan fingerprint density at radius 1 is 1.39 bits per heavy atom. The summed E-state index contributed by atoms with van der Waals surface area (Å²) in [7, 11) is 3.96. The zero-order chi connectivity index (χ0) is 13.5. The lowest BCUT2D eigenvalue weighted by Gasteiger charge is -2.22. The van der Waals surface area contributed by atoms with Crippen LogP contribution in [0.15, 0.2) is 18.2 Å². The molecule has 3 nitrogen and oxygen atoms in total. The normalized spacial score (nSPS) is 10.4. The van der Waals surface area contributed by atoms with E-state index in [1.165, 1.54) is 0 Å². The summed E-state index contributed by atoms with van der Waals surface area (Å²) in [5.74, 6) is 0.682. The minimum Gasteiger partial charge on any atom is -0.374 e. The van der Waals surface area contributed by atoms with Crippen molar-refractivity contribution in [2.24, 2.45) is 5.92 Å². The fourth-order valence-corrected chi connectivity index (χ4v) is 1.89. The molecule has 0 atom stereocenters. The molecule has 18 heavy (non-hydrogen) atoms. The summed E-state index contributed by atoms with van der Waals surface area (Å²) in [6, 6.07) is 8.39. The third kappa shape index (κ3) is 4.05. The van der Waals surface area contributed by atoms with E-state index >= 15 is 0 Å². The number of nitrogens with zero attached hydrogens (tertiary/aromatic N) is 2. The SMILES string of the molecule is CNCc1ccc(N(C)CCC(C)C)c(C#N)c1. The van der Waals surface area contributed by atoms with Crippen LogP contribution in [0.4, 0.5) is 5.69 Å². The first-order valence-corrected chi connectivity index (χ1v) is 6.47. The highest BCUT2D eigenvalue weighted by molar-refractivity contribution is 5.60. The number of hydrogen-bond donors (Lipinski definition) is 1. The highest BCUT2D eigenvalue weighted by atomic mass is 15.1. The molecule has 0 radical (unpaired) electrons. The first-order valence-electron chi connectivity index (χ1n) is 6.47. The monoisotopic (exact) mass is 245 g/mol. The van der Waals surface area contributed by atoms with Crippen LogP contribution in [0.3, 0.4) is 0 Å². The van der Waals surface area contributed by atoms with Gasteiger partial charge in [0.25, 0.3) is 0 Å². The molecule has 0 heterocycles. The molecular formula is C15H23N3. The molecule has 0 bridgehead atoms. The maximum Gasteiger partial charge on any atom is 0.101 e. The number of nitriles is 1. The molecule has 0 amide bonds. The van der Waals surface area contributed by atoms with E-state index in [0.29, 0.717) is 5.92 Å². The molecule has 0 aliphatic rings. The molecule has 1 rings (SSSR count). The van der Waals surface area contributed by atoms with Gasteiger partial charge in [0, 0.05) is 20.1 Å². The van der Waals surface area contributed by atoms with E-state index in [1.54, 1.807) is 0 Å². The molecule has 0 saturated heterocycles. The van der Waals surface area contributed by atoms with E-state index in [9.17, 15) is 5.26 Å². The average Bonchev–Trinajstić information content (AvgIpc) is 2.36. The maximum atomic E-state index is 9.24. The summed E-state index contributed by atoms with van der Waals surface area (Å²) in [6.07, 6.45) is 1.14. The van der Waals surface area contributed by atoms with Crippen LogP contribution in [-0.2, 0) is 6.54 Å². The summed E-state index contributed by atoms with van der Waals surface area (Å²) in [5.41, 5.74) is 2.93. The van der Waals surface area contributed by atoms with E-state index in [2.05, 4.69) is 43.2 Å². The fourth-order valence-electron chi connectivity index (χ4n) is 1.89. The van der Waals surface area contributed by atoms with Gasteiger partial charge in [-0.15, -0.1) is 0 Å². The number of benzene rings is 1. The predicted octanol–water partition coefficient (Wildman–Crippen LogP) is 2.76. The van der Waals surface area contributed by atoms with Crippen LogP contribution in [0.5, 0.6) is 0 Å². The Kier molecular flexibility index (Phi) is 5.67. The molecule has 1 aromatic rings. The number of rotatable bonds is 6. The molecule has 0 unspecified atom stereocenters. The Hall–Kier alpha value is -1.53. The number of anilines is 1. The van der Waals surface area contributed by atoms with Crippen molar-refractivity contribution in [3.8, 4) is 6.07 Å². The van der Waals surface area contributed by atoms with Gasteiger partial charge < -0.3 is 10.2 Å². The molecule has 0 aliphatic carbocycles. The van der Waals surface area contributed by atoms with Crippen LogP contribution in [0, 0.1) is 17.2 Å². The lowest BCUT2D eigenvalue weighted by Crippen LogP contribution is -2.21.